The normalized spacial score (nSPS) is 13.5. The lowest BCUT2D eigenvalue weighted by molar-refractivity contribution is 0.171. The molecule has 112 valence electrons. The molecule has 0 amide bonds. The van der Waals surface area contributed by atoms with E-state index in [9.17, 15) is 0 Å². The van der Waals surface area contributed by atoms with E-state index >= 15 is 0 Å². The van der Waals surface area contributed by atoms with E-state index in [1.54, 1.807) is 11.8 Å². The van der Waals surface area contributed by atoms with Crippen LogP contribution in [0.4, 0.5) is 0 Å². The molecule has 6 heteroatoms. The highest BCUT2D eigenvalue weighted by atomic mass is 35.5. The van der Waals surface area contributed by atoms with Crippen molar-refractivity contribution in [3.05, 3.63) is 53.4 Å². The third kappa shape index (κ3) is 2.62. The van der Waals surface area contributed by atoms with Gasteiger partial charge in [-0.2, -0.15) is 0 Å². The van der Waals surface area contributed by atoms with Crippen molar-refractivity contribution in [3.63, 3.8) is 0 Å². The fraction of sp³-hybridized carbons (Fsp3) is 0.188. The Morgan fingerprint density at radius 1 is 1.18 bits per heavy atom. The highest BCUT2D eigenvalue weighted by Crippen LogP contribution is 2.40. The number of halogens is 1. The molecular formula is C16H13ClN2O2S. The van der Waals surface area contributed by atoms with Crippen LogP contribution >= 0.6 is 23.4 Å². The van der Waals surface area contributed by atoms with E-state index in [1.165, 1.54) is 0 Å². The molecule has 4 nitrogen and oxygen atoms in total. The van der Waals surface area contributed by atoms with E-state index in [2.05, 4.69) is 4.98 Å². The Labute approximate surface area is 137 Å². The number of nitrogens with zero attached hydrogens (tertiary/aromatic N) is 2. The minimum absolute atomic E-state index is 0.567. The monoisotopic (exact) mass is 332 g/mol. The Bertz CT molecular complexity index is 801. The Morgan fingerprint density at radius 2 is 2.00 bits per heavy atom. The predicted octanol–water partition coefficient (Wildman–Crippen LogP) is 4.05. The van der Waals surface area contributed by atoms with Crippen molar-refractivity contribution >= 4 is 29.0 Å². The van der Waals surface area contributed by atoms with Gasteiger partial charge in [-0.25, -0.2) is 4.98 Å². The number of pyridine rings is 1. The zero-order valence-corrected chi connectivity index (χ0v) is 13.2. The van der Waals surface area contributed by atoms with Gasteiger partial charge in [0.1, 0.15) is 18.9 Å². The van der Waals surface area contributed by atoms with E-state index in [1.807, 2.05) is 47.1 Å². The van der Waals surface area contributed by atoms with E-state index < -0.39 is 0 Å². The summed E-state index contributed by atoms with van der Waals surface area (Å²) in [7, 11) is 0. The highest BCUT2D eigenvalue weighted by Gasteiger charge is 2.15. The van der Waals surface area contributed by atoms with Gasteiger partial charge < -0.3 is 13.9 Å². The molecule has 3 heterocycles. The number of ether oxygens (including phenoxy) is 2. The predicted molar refractivity (Wildman–Crippen MR) is 87.2 cm³/mol. The van der Waals surface area contributed by atoms with E-state index in [0.717, 1.165) is 27.7 Å². The summed E-state index contributed by atoms with van der Waals surface area (Å²) in [5.41, 5.74) is 1.97. The summed E-state index contributed by atoms with van der Waals surface area (Å²) in [6, 6.07) is 9.73. The average Bonchev–Trinajstić information content (AvgIpc) is 2.95. The quantitative estimate of drug-likeness (QED) is 0.678. The van der Waals surface area contributed by atoms with Crippen molar-refractivity contribution in [2.24, 2.45) is 0 Å². The molecule has 0 atom stereocenters. The maximum absolute atomic E-state index is 6.32. The van der Waals surface area contributed by atoms with E-state index in [4.69, 9.17) is 21.1 Å². The second-order valence-electron chi connectivity index (χ2n) is 4.91. The Hall–Kier alpha value is -1.85. The third-order valence-electron chi connectivity index (χ3n) is 3.39. The first-order chi connectivity index (χ1) is 10.8. The first-order valence-electron chi connectivity index (χ1n) is 6.94. The number of rotatable bonds is 3. The van der Waals surface area contributed by atoms with Crippen molar-refractivity contribution < 1.29 is 9.47 Å². The molecule has 1 aromatic carbocycles. The van der Waals surface area contributed by atoms with Gasteiger partial charge in [0.25, 0.3) is 0 Å². The van der Waals surface area contributed by atoms with Crippen LogP contribution < -0.4 is 9.47 Å². The van der Waals surface area contributed by atoms with Gasteiger partial charge in [0, 0.05) is 29.1 Å². The zero-order valence-electron chi connectivity index (χ0n) is 11.7. The number of imidazole rings is 1. The fourth-order valence-electron chi connectivity index (χ4n) is 2.36. The molecule has 0 aliphatic carbocycles. The number of hydrogen-bond acceptors (Lipinski definition) is 4. The van der Waals surface area contributed by atoms with Crippen molar-refractivity contribution in [2.75, 3.05) is 13.2 Å². The minimum Gasteiger partial charge on any atom is -0.486 e. The molecular weight excluding hydrogens is 320 g/mol. The summed E-state index contributed by atoms with van der Waals surface area (Å²) >= 11 is 7.97. The van der Waals surface area contributed by atoms with Crippen LogP contribution in [0.5, 0.6) is 11.5 Å². The summed E-state index contributed by atoms with van der Waals surface area (Å²) in [5.74, 6) is 2.22. The zero-order chi connectivity index (χ0) is 14.9. The molecule has 0 bridgehead atoms. The maximum atomic E-state index is 6.32. The third-order valence-corrected chi connectivity index (χ3v) is 4.90. The van der Waals surface area contributed by atoms with Crippen molar-refractivity contribution in [3.8, 4) is 11.5 Å². The van der Waals surface area contributed by atoms with E-state index in [-0.39, 0.29) is 0 Å². The van der Waals surface area contributed by atoms with Gasteiger partial charge in [-0.3, -0.25) is 0 Å². The Balaban J connectivity index is 1.55. The number of fused-ring (bicyclic) bond motifs is 2. The molecule has 0 saturated heterocycles. The molecule has 0 saturated carbocycles. The molecule has 22 heavy (non-hydrogen) atoms. The molecule has 0 unspecified atom stereocenters. The standard InChI is InChI=1S/C16H13ClN2O2S/c17-12-7-13-14(21-6-5-20-13)8-15(12)22-10-11-9-19-4-2-1-3-16(19)18-11/h1-4,7-9H,5-6,10H2. The Morgan fingerprint density at radius 3 is 2.82 bits per heavy atom. The van der Waals surface area contributed by atoms with Crippen LogP contribution in [0.1, 0.15) is 5.69 Å². The second kappa shape index (κ2) is 5.74. The molecule has 0 spiro atoms. The number of aromatic nitrogens is 2. The van der Waals surface area contributed by atoms with Crippen LogP contribution in [-0.2, 0) is 5.75 Å². The fourth-order valence-corrected chi connectivity index (χ4v) is 3.51. The lowest BCUT2D eigenvalue weighted by Crippen LogP contribution is -2.15. The molecule has 0 N–H and O–H groups in total. The van der Waals surface area contributed by atoms with Crippen molar-refractivity contribution in [1.82, 2.24) is 9.38 Å². The molecule has 2 aromatic heterocycles. The van der Waals surface area contributed by atoms with Gasteiger partial charge in [0.15, 0.2) is 11.5 Å². The first-order valence-corrected chi connectivity index (χ1v) is 8.30. The largest absolute Gasteiger partial charge is 0.486 e. The minimum atomic E-state index is 0.567. The molecule has 0 radical (unpaired) electrons. The van der Waals surface area contributed by atoms with Gasteiger partial charge in [-0.1, -0.05) is 17.7 Å². The number of benzene rings is 1. The lowest BCUT2D eigenvalue weighted by Gasteiger charge is -2.19. The SMILES string of the molecule is Clc1cc2c(cc1SCc1cn3ccccc3n1)OCCO2. The van der Waals surface area contributed by atoms with Gasteiger partial charge >= 0.3 is 0 Å². The van der Waals surface area contributed by atoms with Crippen molar-refractivity contribution in [1.29, 1.82) is 0 Å². The average molecular weight is 333 g/mol. The summed E-state index contributed by atoms with van der Waals surface area (Å²) in [6.45, 7) is 1.14. The first kappa shape index (κ1) is 13.8. The topological polar surface area (TPSA) is 35.8 Å². The van der Waals surface area contributed by atoms with Crippen LogP contribution in [0.15, 0.2) is 47.6 Å². The van der Waals surface area contributed by atoms with Crippen LogP contribution in [0.25, 0.3) is 5.65 Å². The smallest absolute Gasteiger partial charge is 0.162 e. The highest BCUT2D eigenvalue weighted by molar-refractivity contribution is 7.98. The van der Waals surface area contributed by atoms with E-state index in [0.29, 0.717) is 24.0 Å². The van der Waals surface area contributed by atoms with Crippen molar-refractivity contribution in [2.45, 2.75) is 10.6 Å². The molecule has 3 aromatic rings. The number of thioether (sulfide) groups is 1. The summed E-state index contributed by atoms with van der Waals surface area (Å²) in [6.07, 6.45) is 4.03. The summed E-state index contributed by atoms with van der Waals surface area (Å²) in [4.78, 5) is 5.56. The molecule has 4 rings (SSSR count). The van der Waals surface area contributed by atoms with Gasteiger partial charge in [0.05, 0.1) is 10.7 Å². The summed E-state index contributed by atoms with van der Waals surface area (Å²) < 4.78 is 13.1. The molecule has 0 fully saturated rings. The van der Waals surface area contributed by atoms with Crippen LogP contribution in [0.3, 0.4) is 0 Å². The lowest BCUT2D eigenvalue weighted by atomic mass is 10.3. The van der Waals surface area contributed by atoms with Gasteiger partial charge in [-0.05, 0) is 18.2 Å². The van der Waals surface area contributed by atoms with Crippen LogP contribution in [0, 0.1) is 0 Å². The van der Waals surface area contributed by atoms with Gasteiger partial charge in [0.2, 0.25) is 0 Å². The molecule has 1 aliphatic rings. The van der Waals surface area contributed by atoms with Crippen LogP contribution in [0.2, 0.25) is 5.02 Å². The maximum Gasteiger partial charge on any atom is 0.162 e. The Kier molecular flexibility index (Phi) is 3.60. The summed E-state index contributed by atoms with van der Waals surface area (Å²) in [5, 5.41) is 0.679. The van der Waals surface area contributed by atoms with Gasteiger partial charge in [-0.15, -0.1) is 11.8 Å². The number of hydrogen-bond donors (Lipinski definition) is 0. The van der Waals surface area contributed by atoms with Crippen LogP contribution in [-0.4, -0.2) is 22.6 Å². The molecule has 1 aliphatic heterocycles. The second-order valence-corrected chi connectivity index (χ2v) is 6.34.